The quantitative estimate of drug-likeness (QED) is 0.783. The molecule has 0 spiro atoms. The van der Waals surface area contributed by atoms with Crippen molar-refractivity contribution >= 4 is 11.6 Å². The van der Waals surface area contributed by atoms with E-state index in [1.807, 2.05) is 0 Å². The summed E-state index contributed by atoms with van der Waals surface area (Å²) in [6.45, 7) is 0.386. The first-order chi connectivity index (χ1) is 9.37. The highest BCUT2D eigenvalue weighted by Gasteiger charge is 2.26. The van der Waals surface area contributed by atoms with Crippen LogP contribution in [0.25, 0.3) is 0 Å². The lowest BCUT2D eigenvalue weighted by atomic mass is 10.1. The van der Waals surface area contributed by atoms with Crippen molar-refractivity contribution in [2.75, 3.05) is 20.3 Å². The fourth-order valence-electron chi connectivity index (χ4n) is 1.67. The number of nitrogens with two attached hydrogens (primary N) is 1. The third-order valence-corrected chi connectivity index (χ3v) is 2.85. The van der Waals surface area contributed by atoms with E-state index in [0.29, 0.717) is 23.7 Å². The molecule has 0 aliphatic rings. The molecule has 20 heavy (non-hydrogen) atoms. The van der Waals surface area contributed by atoms with Gasteiger partial charge in [-0.1, -0.05) is 11.6 Å². The number of halogens is 4. The predicted octanol–water partition coefficient (Wildman–Crippen LogP) is 3.57. The fraction of sp³-hybridized carbons (Fsp3) is 0.538. The second kappa shape index (κ2) is 7.59. The second-order valence-electron chi connectivity index (χ2n) is 4.21. The molecule has 7 heteroatoms. The van der Waals surface area contributed by atoms with Gasteiger partial charge in [0.2, 0.25) is 0 Å². The van der Waals surface area contributed by atoms with Crippen LogP contribution in [0.1, 0.15) is 18.4 Å². The van der Waals surface area contributed by atoms with Crippen molar-refractivity contribution in [3.63, 3.8) is 0 Å². The Morgan fingerprint density at radius 1 is 1.30 bits per heavy atom. The molecule has 1 aromatic carbocycles. The molecule has 0 atom stereocenters. The lowest BCUT2D eigenvalue weighted by molar-refractivity contribution is -0.136. The molecule has 0 bridgehead atoms. The van der Waals surface area contributed by atoms with Crippen molar-refractivity contribution in [2.45, 2.75) is 25.4 Å². The fourth-order valence-corrected chi connectivity index (χ4v) is 1.96. The van der Waals surface area contributed by atoms with Crippen LogP contribution in [0.2, 0.25) is 5.02 Å². The number of methoxy groups -OCH3 is 1. The maximum atomic E-state index is 12.0. The number of hydrogen-bond donors (Lipinski definition) is 1. The van der Waals surface area contributed by atoms with Crippen LogP contribution in [0.4, 0.5) is 13.2 Å². The lowest BCUT2D eigenvalue weighted by Crippen LogP contribution is -2.10. The minimum atomic E-state index is -4.18. The monoisotopic (exact) mass is 311 g/mol. The van der Waals surface area contributed by atoms with Crippen LogP contribution in [0.3, 0.4) is 0 Å². The van der Waals surface area contributed by atoms with E-state index in [1.54, 1.807) is 12.1 Å². The van der Waals surface area contributed by atoms with E-state index in [9.17, 15) is 13.2 Å². The second-order valence-corrected chi connectivity index (χ2v) is 4.62. The van der Waals surface area contributed by atoms with Gasteiger partial charge in [0.15, 0.2) is 11.5 Å². The summed E-state index contributed by atoms with van der Waals surface area (Å²) in [6, 6.07) is 3.40. The summed E-state index contributed by atoms with van der Waals surface area (Å²) in [4.78, 5) is 0. The Labute approximate surface area is 120 Å². The number of benzene rings is 1. The minimum absolute atomic E-state index is 0.0776. The van der Waals surface area contributed by atoms with Crippen molar-refractivity contribution in [1.82, 2.24) is 0 Å². The highest BCUT2D eigenvalue weighted by atomic mass is 35.5. The van der Waals surface area contributed by atoms with Gasteiger partial charge in [-0.3, -0.25) is 0 Å². The molecule has 1 aromatic rings. The van der Waals surface area contributed by atoms with E-state index in [1.165, 1.54) is 7.11 Å². The van der Waals surface area contributed by atoms with Gasteiger partial charge >= 0.3 is 6.18 Å². The average molecular weight is 312 g/mol. The van der Waals surface area contributed by atoms with Gasteiger partial charge in [0.1, 0.15) is 0 Å². The molecule has 0 saturated heterocycles. The summed E-state index contributed by atoms with van der Waals surface area (Å²) < 4.78 is 46.5. The van der Waals surface area contributed by atoms with E-state index >= 15 is 0 Å². The molecule has 0 aliphatic carbocycles. The van der Waals surface area contributed by atoms with Gasteiger partial charge < -0.3 is 15.2 Å². The molecule has 0 unspecified atom stereocenters. The van der Waals surface area contributed by atoms with Gasteiger partial charge in [-0.05, 0) is 37.1 Å². The van der Waals surface area contributed by atoms with Gasteiger partial charge in [0, 0.05) is 6.42 Å². The molecule has 0 radical (unpaired) electrons. The number of hydrogen-bond acceptors (Lipinski definition) is 3. The molecule has 0 fully saturated rings. The van der Waals surface area contributed by atoms with Gasteiger partial charge in [0.05, 0.1) is 18.7 Å². The maximum Gasteiger partial charge on any atom is 0.389 e. The van der Waals surface area contributed by atoms with E-state index in [0.717, 1.165) is 5.56 Å². The van der Waals surface area contributed by atoms with Crippen LogP contribution in [0, 0.1) is 0 Å². The number of alkyl halides is 3. The Bertz CT molecular complexity index is 438. The van der Waals surface area contributed by atoms with Crippen molar-refractivity contribution in [2.24, 2.45) is 5.73 Å². The SMILES string of the molecule is COc1cc(CCN)cc(Cl)c1OCCCC(F)(F)F. The highest BCUT2D eigenvalue weighted by Crippen LogP contribution is 2.36. The van der Waals surface area contributed by atoms with Crippen LogP contribution in [-0.4, -0.2) is 26.4 Å². The summed E-state index contributed by atoms with van der Waals surface area (Å²) in [7, 11) is 1.44. The van der Waals surface area contributed by atoms with E-state index in [-0.39, 0.29) is 18.8 Å². The van der Waals surface area contributed by atoms with E-state index in [2.05, 4.69) is 0 Å². The Hall–Kier alpha value is -1.14. The zero-order valence-electron chi connectivity index (χ0n) is 11.1. The zero-order chi connectivity index (χ0) is 15.2. The normalized spacial score (nSPS) is 11.5. The first-order valence-electron chi connectivity index (χ1n) is 6.13. The molecular weight excluding hydrogens is 295 g/mol. The highest BCUT2D eigenvalue weighted by molar-refractivity contribution is 6.32. The van der Waals surface area contributed by atoms with E-state index < -0.39 is 12.6 Å². The zero-order valence-corrected chi connectivity index (χ0v) is 11.9. The number of ether oxygens (including phenoxy) is 2. The Morgan fingerprint density at radius 2 is 2.00 bits per heavy atom. The van der Waals surface area contributed by atoms with Crippen molar-refractivity contribution < 1.29 is 22.6 Å². The van der Waals surface area contributed by atoms with Crippen molar-refractivity contribution in [3.8, 4) is 11.5 Å². The summed E-state index contributed by atoms with van der Waals surface area (Å²) in [5.41, 5.74) is 6.34. The standard InChI is InChI=1S/C13H17ClF3NO2/c1-19-11-8-9(3-5-18)7-10(14)12(11)20-6-2-4-13(15,16)17/h7-8H,2-6,18H2,1H3. The summed E-state index contributed by atoms with van der Waals surface area (Å²) in [6.07, 6.45) is -4.57. The molecule has 3 nitrogen and oxygen atoms in total. The van der Waals surface area contributed by atoms with Crippen LogP contribution in [-0.2, 0) is 6.42 Å². The third-order valence-electron chi connectivity index (χ3n) is 2.57. The van der Waals surface area contributed by atoms with Gasteiger partial charge in [-0.15, -0.1) is 0 Å². The molecule has 0 aliphatic heterocycles. The third kappa shape index (κ3) is 5.46. The summed E-state index contributed by atoms with van der Waals surface area (Å²) in [5.74, 6) is 0.657. The van der Waals surface area contributed by atoms with Crippen LogP contribution >= 0.6 is 11.6 Å². The molecule has 0 heterocycles. The Balaban J connectivity index is 2.69. The molecule has 114 valence electrons. The average Bonchev–Trinajstić information content (AvgIpc) is 2.35. The van der Waals surface area contributed by atoms with Crippen LogP contribution in [0.15, 0.2) is 12.1 Å². The molecule has 2 N–H and O–H groups in total. The lowest BCUT2D eigenvalue weighted by Gasteiger charge is -2.14. The first-order valence-corrected chi connectivity index (χ1v) is 6.51. The molecule has 0 aromatic heterocycles. The van der Waals surface area contributed by atoms with Crippen LogP contribution < -0.4 is 15.2 Å². The Kier molecular flexibility index (Phi) is 6.42. The minimum Gasteiger partial charge on any atom is -0.493 e. The summed E-state index contributed by atoms with van der Waals surface area (Å²) >= 11 is 6.05. The van der Waals surface area contributed by atoms with Crippen LogP contribution in [0.5, 0.6) is 11.5 Å². The Morgan fingerprint density at radius 3 is 2.55 bits per heavy atom. The first kappa shape index (κ1) is 16.9. The smallest absolute Gasteiger partial charge is 0.389 e. The van der Waals surface area contributed by atoms with Gasteiger partial charge in [-0.2, -0.15) is 13.2 Å². The van der Waals surface area contributed by atoms with Gasteiger partial charge in [0.25, 0.3) is 0 Å². The number of rotatable bonds is 7. The molecule has 1 rings (SSSR count). The molecule has 0 amide bonds. The summed E-state index contributed by atoms with van der Waals surface area (Å²) in [5, 5.41) is 0.305. The molecular formula is C13H17ClF3NO2. The van der Waals surface area contributed by atoms with Gasteiger partial charge in [-0.25, -0.2) is 0 Å². The predicted molar refractivity (Wildman–Crippen MR) is 71.5 cm³/mol. The molecule has 0 saturated carbocycles. The van der Waals surface area contributed by atoms with Crippen molar-refractivity contribution in [1.29, 1.82) is 0 Å². The maximum absolute atomic E-state index is 12.0. The van der Waals surface area contributed by atoms with E-state index in [4.69, 9.17) is 26.8 Å². The topological polar surface area (TPSA) is 44.5 Å². The largest absolute Gasteiger partial charge is 0.493 e. The van der Waals surface area contributed by atoms with Crippen molar-refractivity contribution in [3.05, 3.63) is 22.7 Å².